The van der Waals surface area contributed by atoms with E-state index in [1.165, 1.54) is 24.4 Å². The summed E-state index contributed by atoms with van der Waals surface area (Å²) in [6, 6.07) is 15.0. The summed E-state index contributed by atoms with van der Waals surface area (Å²) in [6.45, 7) is 0. The Morgan fingerprint density at radius 2 is 1.94 bits per heavy atom. The van der Waals surface area contributed by atoms with Crippen molar-refractivity contribution in [2.45, 2.75) is 12.8 Å². The predicted octanol–water partition coefficient (Wildman–Crippen LogP) is 4.88. The third kappa shape index (κ3) is 4.60. The Kier molecular flexibility index (Phi) is 6.01. The van der Waals surface area contributed by atoms with Crippen molar-refractivity contribution in [3.05, 3.63) is 88.9 Å². The van der Waals surface area contributed by atoms with E-state index in [4.69, 9.17) is 5.21 Å². The van der Waals surface area contributed by atoms with E-state index >= 15 is 0 Å². The zero-order valence-electron chi connectivity index (χ0n) is 16.3. The molecule has 0 fully saturated rings. The summed E-state index contributed by atoms with van der Waals surface area (Å²) in [5, 5.41) is 10.6. The van der Waals surface area contributed by atoms with E-state index in [1.54, 1.807) is 35.0 Å². The molecule has 1 amide bonds. The molecule has 156 valence electrons. The number of amides is 1. The molecular formula is C23H18FN3O3S. The third-order valence-corrected chi connectivity index (χ3v) is 5.74. The van der Waals surface area contributed by atoms with E-state index in [0.29, 0.717) is 17.8 Å². The van der Waals surface area contributed by atoms with Crippen LogP contribution < -0.4 is 5.48 Å². The zero-order chi connectivity index (χ0) is 21.8. The van der Waals surface area contributed by atoms with Crippen LogP contribution in [0.25, 0.3) is 21.7 Å². The summed E-state index contributed by atoms with van der Waals surface area (Å²) in [7, 11) is 0. The number of nitrogens with zero attached hydrogens (tertiary/aromatic N) is 1. The maximum atomic E-state index is 13.4. The Morgan fingerprint density at radius 3 is 2.58 bits per heavy atom. The second-order valence-corrected chi connectivity index (χ2v) is 7.81. The van der Waals surface area contributed by atoms with Crippen LogP contribution in [0.1, 0.15) is 33.0 Å². The molecule has 1 aromatic carbocycles. The van der Waals surface area contributed by atoms with Gasteiger partial charge in [-0.3, -0.25) is 19.8 Å². The van der Waals surface area contributed by atoms with Gasteiger partial charge in [0, 0.05) is 23.9 Å². The minimum atomic E-state index is -0.647. The second kappa shape index (κ2) is 9.03. The third-order valence-electron chi connectivity index (χ3n) is 4.84. The smallest absolute Gasteiger partial charge is 0.276 e. The van der Waals surface area contributed by atoms with E-state index in [0.717, 1.165) is 21.7 Å². The van der Waals surface area contributed by atoms with Crippen molar-refractivity contribution in [3.63, 3.8) is 0 Å². The monoisotopic (exact) mass is 435 g/mol. The zero-order valence-corrected chi connectivity index (χ0v) is 17.1. The molecule has 31 heavy (non-hydrogen) atoms. The van der Waals surface area contributed by atoms with Gasteiger partial charge >= 0.3 is 0 Å². The van der Waals surface area contributed by atoms with Gasteiger partial charge in [0.15, 0.2) is 5.78 Å². The maximum absolute atomic E-state index is 13.4. The summed E-state index contributed by atoms with van der Waals surface area (Å²) < 4.78 is 13.4. The number of pyridine rings is 1. The molecule has 0 radical (unpaired) electrons. The number of H-pyrrole nitrogens is 1. The van der Waals surface area contributed by atoms with Gasteiger partial charge in [0.25, 0.3) is 5.91 Å². The molecule has 0 saturated carbocycles. The van der Waals surface area contributed by atoms with Gasteiger partial charge in [-0.15, -0.1) is 11.3 Å². The molecule has 4 rings (SSSR count). The van der Waals surface area contributed by atoms with Gasteiger partial charge in [-0.05, 0) is 53.8 Å². The lowest BCUT2D eigenvalue weighted by molar-refractivity contribution is 0.0705. The number of aryl methyl sites for hydroxylation is 1. The molecule has 0 bridgehead atoms. The molecule has 3 heterocycles. The molecule has 3 N–H and O–H groups in total. The SMILES string of the molecule is O=C(NO)c1ccc(CCC(=O)c2[nH]c(-c3cccs3)cc2-c2ccc(F)cc2)nc1. The molecule has 0 aliphatic carbocycles. The Balaban J connectivity index is 1.58. The number of hydroxylamine groups is 1. The Bertz CT molecular complexity index is 1200. The summed E-state index contributed by atoms with van der Waals surface area (Å²) >= 11 is 1.56. The van der Waals surface area contributed by atoms with Crippen LogP contribution in [0, 0.1) is 5.82 Å². The number of nitrogens with one attached hydrogen (secondary N) is 2. The minimum Gasteiger partial charge on any atom is -0.351 e. The van der Waals surface area contributed by atoms with Crippen molar-refractivity contribution < 1.29 is 19.2 Å². The molecule has 6 nitrogen and oxygen atoms in total. The quantitative estimate of drug-likeness (QED) is 0.219. The number of hydrogen-bond donors (Lipinski definition) is 3. The average Bonchev–Trinajstić information content (AvgIpc) is 3.48. The first kappa shape index (κ1) is 20.6. The molecule has 0 atom stereocenters. The average molecular weight is 435 g/mol. The number of hydrogen-bond acceptors (Lipinski definition) is 5. The van der Waals surface area contributed by atoms with Crippen LogP contribution in [0.4, 0.5) is 4.39 Å². The van der Waals surface area contributed by atoms with Crippen molar-refractivity contribution in [3.8, 4) is 21.7 Å². The van der Waals surface area contributed by atoms with Gasteiger partial charge in [0.2, 0.25) is 0 Å². The fraction of sp³-hybridized carbons (Fsp3) is 0.0870. The van der Waals surface area contributed by atoms with Crippen LogP contribution >= 0.6 is 11.3 Å². The molecule has 0 aliphatic rings. The van der Waals surface area contributed by atoms with Gasteiger partial charge in [0.1, 0.15) is 5.82 Å². The molecule has 0 saturated heterocycles. The second-order valence-electron chi connectivity index (χ2n) is 6.86. The Hall–Kier alpha value is -3.62. The van der Waals surface area contributed by atoms with E-state index < -0.39 is 5.91 Å². The molecule has 0 spiro atoms. The largest absolute Gasteiger partial charge is 0.351 e. The number of aromatic nitrogens is 2. The van der Waals surface area contributed by atoms with E-state index in [1.807, 2.05) is 23.6 Å². The van der Waals surface area contributed by atoms with Gasteiger partial charge < -0.3 is 4.98 Å². The number of carbonyl (C=O) groups excluding carboxylic acids is 2. The summed E-state index contributed by atoms with van der Waals surface area (Å²) in [4.78, 5) is 32.9. The van der Waals surface area contributed by atoms with Crippen LogP contribution in [0.3, 0.4) is 0 Å². The van der Waals surface area contributed by atoms with Gasteiger partial charge in [-0.1, -0.05) is 18.2 Å². The molecule has 3 aromatic heterocycles. The van der Waals surface area contributed by atoms with Gasteiger partial charge in [0.05, 0.1) is 21.8 Å². The summed E-state index contributed by atoms with van der Waals surface area (Å²) in [5.74, 6) is -1.08. The number of thiophene rings is 1. The summed E-state index contributed by atoms with van der Waals surface area (Å²) in [5.41, 5.74) is 5.19. The minimum absolute atomic E-state index is 0.0962. The van der Waals surface area contributed by atoms with Gasteiger partial charge in [-0.25, -0.2) is 9.87 Å². The number of halogens is 1. The van der Waals surface area contributed by atoms with E-state index in [9.17, 15) is 14.0 Å². The highest BCUT2D eigenvalue weighted by atomic mass is 32.1. The van der Waals surface area contributed by atoms with Crippen molar-refractivity contribution >= 4 is 23.0 Å². The Morgan fingerprint density at radius 1 is 1.13 bits per heavy atom. The van der Waals surface area contributed by atoms with Crippen molar-refractivity contribution in [2.24, 2.45) is 0 Å². The molecule has 0 aliphatic heterocycles. The number of aromatic amines is 1. The fourth-order valence-electron chi connectivity index (χ4n) is 3.23. The van der Waals surface area contributed by atoms with Crippen molar-refractivity contribution in [2.75, 3.05) is 0 Å². The lowest BCUT2D eigenvalue weighted by Crippen LogP contribution is -2.18. The Labute approximate surface area is 181 Å². The van der Waals surface area contributed by atoms with Crippen molar-refractivity contribution in [1.82, 2.24) is 15.4 Å². The molecule has 4 aromatic rings. The first-order chi connectivity index (χ1) is 15.0. The number of rotatable bonds is 7. The first-order valence-electron chi connectivity index (χ1n) is 9.50. The van der Waals surface area contributed by atoms with E-state index in [2.05, 4.69) is 9.97 Å². The van der Waals surface area contributed by atoms with Crippen LogP contribution in [-0.2, 0) is 6.42 Å². The maximum Gasteiger partial charge on any atom is 0.276 e. The molecule has 0 unspecified atom stereocenters. The highest BCUT2D eigenvalue weighted by Crippen LogP contribution is 2.32. The standard InChI is InChI=1S/C23H18FN3O3S/c24-16-6-3-14(4-7-16)18-12-19(21-2-1-11-31-21)26-22(18)20(28)10-9-17-8-5-15(13-25-17)23(29)27-30/h1-8,11-13,26,30H,9-10H2,(H,27,29). The van der Waals surface area contributed by atoms with Crippen molar-refractivity contribution in [1.29, 1.82) is 0 Å². The topological polar surface area (TPSA) is 95.1 Å². The first-order valence-corrected chi connectivity index (χ1v) is 10.4. The van der Waals surface area contributed by atoms with Crippen LogP contribution in [0.5, 0.6) is 0 Å². The number of Topliss-reactive ketones (excluding diaryl/α,β-unsaturated/α-hetero) is 1. The van der Waals surface area contributed by atoms with E-state index in [-0.39, 0.29) is 23.6 Å². The highest BCUT2D eigenvalue weighted by molar-refractivity contribution is 7.13. The lowest BCUT2D eigenvalue weighted by atomic mass is 10.0. The number of ketones is 1. The summed E-state index contributed by atoms with van der Waals surface area (Å²) in [6.07, 6.45) is 1.94. The normalized spacial score (nSPS) is 10.8. The lowest BCUT2D eigenvalue weighted by Gasteiger charge is -2.05. The number of carbonyl (C=O) groups is 2. The fourth-order valence-corrected chi connectivity index (χ4v) is 3.93. The molecular weight excluding hydrogens is 417 g/mol. The molecule has 8 heteroatoms. The highest BCUT2D eigenvalue weighted by Gasteiger charge is 2.18. The number of benzene rings is 1. The predicted molar refractivity (Wildman–Crippen MR) is 116 cm³/mol. The van der Waals surface area contributed by atoms with Gasteiger partial charge in [-0.2, -0.15) is 0 Å². The van der Waals surface area contributed by atoms with Crippen LogP contribution in [0.15, 0.2) is 66.2 Å². The van der Waals surface area contributed by atoms with Crippen LogP contribution in [0.2, 0.25) is 0 Å². The van der Waals surface area contributed by atoms with Crippen LogP contribution in [-0.4, -0.2) is 26.9 Å².